The number of methoxy groups -OCH3 is 1. The van der Waals surface area contributed by atoms with Crippen molar-refractivity contribution >= 4 is 11.7 Å². The molecule has 0 saturated carbocycles. The standard InChI is InChI=1S/C26H30N6O3/c1-17-8-9-19(25(33)28-24-13-23(35-30-24)26(2,3)4)12-22(17)32-16-21(29-31-32)20-11-18(14-27-15-20)7-6-10-34-5/h8-9,11-16H,6-7,10H2,1-5H3,(H,28,30,33). The van der Waals surface area contributed by atoms with Crippen molar-refractivity contribution in [1.29, 1.82) is 0 Å². The Bertz CT molecular complexity index is 1320. The highest BCUT2D eigenvalue weighted by Crippen LogP contribution is 2.25. The van der Waals surface area contributed by atoms with Crippen molar-refractivity contribution in [2.24, 2.45) is 0 Å². The first-order chi connectivity index (χ1) is 16.7. The summed E-state index contributed by atoms with van der Waals surface area (Å²) in [5, 5.41) is 15.4. The van der Waals surface area contributed by atoms with Gasteiger partial charge in [-0.3, -0.25) is 9.78 Å². The second kappa shape index (κ2) is 10.2. The molecule has 0 aliphatic rings. The number of hydrogen-bond donors (Lipinski definition) is 1. The number of aryl methyl sites for hydroxylation is 2. The van der Waals surface area contributed by atoms with Crippen molar-refractivity contribution in [3.05, 3.63) is 71.4 Å². The van der Waals surface area contributed by atoms with Gasteiger partial charge in [-0.05, 0) is 49.1 Å². The number of nitrogens with one attached hydrogen (secondary N) is 1. The molecule has 0 saturated heterocycles. The van der Waals surface area contributed by atoms with Crippen molar-refractivity contribution in [2.75, 3.05) is 19.0 Å². The van der Waals surface area contributed by atoms with Crippen LogP contribution in [0.2, 0.25) is 0 Å². The lowest BCUT2D eigenvalue weighted by Gasteiger charge is -2.12. The molecule has 35 heavy (non-hydrogen) atoms. The van der Waals surface area contributed by atoms with Crippen LogP contribution in [0.3, 0.4) is 0 Å². The number of ether oxygens (including phenoxy) is 1. The van der Waals surface area contributed by atoms with Gasteiger partial charge in [0.2, 0.25) is 0 Å². The predicted octanol–water partition coefficient (Wildman–Crippen LogP) is 4.75. The lowest BCUT2D eigenvalue weighted by molar-refractivity contribution is 0.102. The third kappa shape index (κ3) is 5.81. The molecule has 4 aromatic rings. The zero-order valence-electron chi connectivity index (χ0n) is 20.7. The largest absolute Gasteiger partial charge is 0.385 e. The minimum Gasteiger partial charge on any atom is -0.385 e. The van der Waals surface area contributed by atoms with Gasteiger partial charge in [-0.2, -0.15) is 0 Å². The lowest BCUT2D eigenvalue weighted by atomic mass is 9.93. The number of aromatic nitrogens is 5. The van der Waals surface area contributed by atoms with Crippen LogP contribution in [0.1, 0.15) is 54.4 Å². The summed E-state index contributed by atoms with van der Waals surface area (Å²) in [5.74, 6) is 0.793. The quantitative estimate of drug-likeness (QED) is 0.367. The maximum absolute atomic E-state index is 12.9. The molecule has 9 heteroatoms. The first kappa shape index (κ1) is 24.3. The molecule has 0 aliphatic carbocycles. The van der Waals surface area contributed by atoms with E-state index in [4.69, 9.17) is 9.26 Å². The highest BCUT2D eigenvalue weighted by Gasteiger charge is 2.21. The molecule has 1 N–H and O–H groups in total. The van der Waals surface area contributed by atoms with Crippen molar-refractivity contribution < 1.29 is 14.1 Å². The van der Waals surface area contributed by atoms with E-state index >= 15 is 0 Å². The molecule has 0 fully saturated rings. The number of anilines is 1. The number of benzene rings is 1. The van der Waals surface area contributed by atoms with Gasteiger partial charge in [0, 0.05) is 48.7 Å². The number of carbonyl (C=O) groups is 1. The van der Waals surface area contributed by atoms with Gasteiger partial charge in [-0.1, -0.05) is 37.2 Å². The summed E-state index contributed by atoms with van der Waals surface area (Å²) in [6, 6.07) is 9.25. The molecule has 1 aromatic carbocycles. The fourth-order valence-corrected chi connectivity index (χ4v) is 3.57. The van der Waals surface area contributed by atoms with Gasteiger partial charge in [-0.25, -0.2) is 4.68 Å². The number of hydrogen-bond acceptors (Lipinski definition) is 7. The number of carbonyl (C=O) groups excluding carboxylic acids is 1. The van der Waals surface area contributed by atoms with Crippen LogP contribution in [0.4, 0.5) is 5.82 Å². The van der Waals surface area contributed by atoms with E-state index in [2.05, 4.69) is 31.8 Å². The molecule has 0 bridgehead atoms. The predicted molar refractivity (Wildman–Crippen MR) is 133 cm³/mol. The van der Waals surface area contributed by atoms with Crippen molar-refractivity contribution in [3.8, 4) is 16.9 Å². The Morgan fingerprint density at radius 3 is 2.74 bits per heavy atom. The molecule has 0 aliphatic heterocycles. The number of rotatable bonds is 8. The smallest absolute Gasteiger partial charge is 0.256 e. The Labute approximate surface area is 204 Å². The molecule has 3 heterocycles. The van der Waals surface area contributed by atoms with E-state index in [0.29, 0.717) is 29.4 Å². The molecular weight excluding hydrogens is 444 g/mol. The molecule has 0 unspecified atom stereocenters. The lowest BCUT2D eigenvalue weighted by Crippen LogP contribution is -2.13. The van der Waals surface area contributed by atoms with Crippen LogP contribution in [-0.4, -0.2) is 44.8 Å². The average Bonchev–Trinajstić information content (AvgIpc) is 3.50. The topological polar surface area (TPSA) is 108 Å². The van der Waals surface area contributed by atoms with Crippen LogP contribution in [0.25, 0.3) is 16.9 Å². The Morgan fingerprint density at radius 2 is 2.00 bits per heavy atom. The monoisotopic (exact) mass is 474 g/mol. The summed E-state index contributed by atoms with van der Waals surface area (Å²) in [5.41, 5.74) is 4.71. The molecule has 1 amide bonds. The highest BCUT2D eigenvalue weighted by atomic mass is 16.5. The molecular formula is C26H30N6O3. The second-order valence-electron chi connectivity index (χ2n) is 9.51. The third-order valence-electron chi connectivity index (χ3n) is 5.61. The first-order valence-electron chi connectivity index (χ1n) is 11.5. The fourth-order valence-electron chi connectivity index (χ4n) is 3.57. The first-order valence-corrected chi connectivity index (χ1v) is 11.5. The molecule has 0 atom stereocenters. The Balaban J connectivity index is 1.53. The summed E-state index contributed by atoms with van der Waals surface area (Å²) in [4.78, 5) is 17.2. The van der Waals surface area contributed by atoms with E-state index in [1.165, 1.54) is 0 Å². The van der Waals surface area contributed by atoms with E-state index in [0.717, 1.165) is 35.2 Å². The Hall–Kier alpha value is -3.85. The molecule has 3 aromatic heterocycles. The molecule has 182 valence electrons. The molecule has 9 nitrogen and oxygen atoms in total. The number of nitrogens with zero attached hydrogens (tertiary/aromatic N) is 5. The second-order valence-corrected chi connectivity index (χ2v) is 9.51. The van der Waals surface area contributed by atoms with E-state index in [1.807, 2.05) is 46.2 Å². The number of pyridine rings is 1. The van der Waals surface area contributed by atoms with E-state index in [-0.39, 0.29) is 11.3 Å². The summed E-state index contributed by atoms with van der Waals surface area (Å²) in [7, 11) is 1.70. The zero-order chi connectivity index (χ0) is 25.0. The van der Waals surface area contributed by atoms with E-state index in [1.54, 1.807) is 36.2 Å². The zero-order valence-corrected chi connectivity index (χ0v) is 20.7. The fraction of sp³-hybridized carbons (Fsp3) is 0.346. The minimum atomic E-state index is -0.284. The molecule has 0 radical (unpaired) electrons. The van der Waals surface area contributed by atoms with Gasteiger partial charge in [0.1, 0.15) is 11.5 Å². The summed E-state index contributed by atoms with van der Waals surface area (Å²) in [6.07, 6.45) is 7.27. The van der Waals surface area contributed by atoms with Crippen LogP contribution in [-0.2, 0) is 16.6 Å². The SMILES string of the molecule is COCCCc1cncc(-c2cn(-c3cc(C(=O)Nc4cc(C(C)(C)C)on4)ccc3C)nn2)c1. The third-order valence-corrected chi connectivity index (χ3v) is 5.61. The van der Waals surface area contributed by atoms with Gasteiger partial charge >= 0.3 is 0 Å². The van der Waals surface area contributed by atoms with Crippen LogP contribution in [0.15, 0.2) is 53.4 Å². The maximum atomic E-state index is 12.9. The van der Waals surface area contributed by atoms with Crippen molar-refractivity contribution in [2.45, 2.75) is 46.0 Å². The van der Waals surface area contributed by atoms with Crippen molar-refractivity contribution in [3.63, 3.8) is 0 Å². The number of amides is 1. The maximum Gasteiger partial charge on any atom is 0.256 e. The highest BCUT2D eigenvalue weighted by molar-refractivity contribution is 6.04. The van der Waals surface area contributed by atoms with Gasteiger partial charge in [0.15, 0.2) is 5.82 Å². The normalized spacial score (nSPS) is 11.6. The molecule has 0 spiro atoms. The minimum absolute atomic E-state index is 0.198. The Kier molecular flexibility index (Phi) is 7.07. The van der Waals surface area contributed by atoms with Gasteiger partial charge in [0.05, 0.1) is 11.9 Å². The van der Waals surface area contributed by atoms with Crippen LogP contribution >= 0.6 is 0 Å². The van der Waals surface area contributed by atoms with Crippen LogP contribution in [0, 0.1) is 6.92 Å². The summed E-state index contributed by atoms with van der Waals surface area (Å²) in [6.45, 7) is 8.73. The Morgan fingerprint density at radius 1 is 1.17 bits per heavy atom. The van der Waals surface area contributed by atoms with Crippen molar-refractivity contribution in [1.82, 2.24) is 25.1 Å². The van der Waals surface area contributed by atoms with Crippen LogP contribution < -0.4 is 5.32 Å². The summed E-state index contributed by atoms with van der Waals surface area (Å²) < 4.78 is 12.2. The summed E-state index contributed by atoms with van der Waals surface area (Å²) >= 11 is 0. The van der Waals surface area contributed by atoms with Gasteiger partial charge < -0.3 is 14.6 Å². The van der Waals surface area contributed by atoms with Crippen LogP contribution in [0.5, 0.6) is 0 Å². The van der Waals surface area contributed by atoms with E-state index in [9.17, 15) is 4.79 Å². The molecule has 4 rings (SSSR count). The van der Waals surface area contributed by atoms with Gasteiger partial charge in [-0.15, -0.1) is 5.10 Å². The van der Waals surface area contributed by atoms with E-state index < -0.39 is 0 Å². The van der Waals surface area contributed by atoms with Gasteiger partial charge in [0.25, 0.3) is 5.91 Å². The average molecular weight is 475 g/mol.